The van der Waals surface area contributed by atoms with Crippen LogP contribution in [0.1, 0.15) is 32.6 Å². The smallest absolute Gasteiger partial charge is 0.208 e. The molecule has 3 nitrogen and oxygen atoms in total. The zero-order valence-electron chi connectivity index (χ0n) is 17.3. The number of ether oxygens (including phenoxy) is 2. The van der Waals surface area contributed by atoms with Crippen molar-refractivity contribution in [3.05, 3.63) is 59.7 Å². The van der Waals surface area contributed by atoms with E-state index in [0.717, 1.165) is 25.7 Å². The van der Waals surface area contributed by atoms with Crippen LogP contribution in [0.25, 0.3) is 33.1 Å². The van der Waals surface area contributed by atoms with E-state index in [1.165, 1.54) is 30.3 Å². The summed E-state index contributed by atoms with van der Waals surface area (Å²) in [6, 6.07) is 8.44. The molecule has 1 heterocycles. The van der Waals surface area contributed by atoms with Gasteiger partial charge >= 0.3 is 0 Å². The van der Waals surface area contributed by atoms with Crippen molar-refractivity contribution >= 4 is 21.9 Å². The van der Waals surface area contributed by atoms with Gasteiger partial charge < -0.3 is 13.9 Å². The van der Waals surface area contributed by atoms with Crippen LogP contribution < -0.4 is 9.47 Å². The Morgan fingerprint density at radius 1 is 0.750 bits per heavy atom. The van der Waals surface area contributed by atoms with Crippen molar-refractivity contribution < 1.29 is 31.5 Å². The van der Waals surface area contributed by atoms with Crippen molar-refractivity contribution in [2.75, 3.05) is 6.61 Å². The Bertz CT molecular complexity index is 1320. The lowest BCUT2D eigenvalue weighted by molar-refractivity contribution is 0.201. The predicted molar refractivity (Wildman–Crippen MR) is 113 cm³/mol. The number of rotatable bonds is 5. The van der Waals surface area contributed by atoms with E-state index in [9.17, 15) is 8.78 Å². The van der Waals surface area contributed by atoms with Crippen molar-refractivity contribution in [3.8, 4) is 22.6 Å². The van der Waals surface area contributed by atoms with Gasteiger partial charge in [0.15, 0.2) is 34.3 Å². The van der Waals surface area contributed by atoms with Gasteiger partial charge in [0, 0.05) is 21.9 Å². The van der Waals surface area contributed by atoms with Crippen LogP contribution in [0.3, 0.4) is 0 Å². The average molecular weight is 444 g/mol. The highest BCUT2D eigenvalue weighted by Gasteiger charge is 2.24. The number of benzene rings is 3. The molecule has 4 aromatic rings. The van der Waals surface area contributed by atoms with Gasteiger partial charge in [0.1, 0.15) is 0 Å². The molecule has 3 aromatic carbocycles. The van der Waals surface area contributed by atoms with Gasteiger partial charge in [-0.2, -0.15) is 8.78 Å². The van der Waals surface area contributed by atoms with Crippen LogP contribution >= 0.6 is 0 Å². The van der Waals surface area contributed by atoms with Gasteiger partial charge in [-0.1, -0.05) is 6.07 Å². The molecular weight excluding hydrogens is 424 g/mol. The van der Waals surface area contributed by atoms with Gasteiger partial charge in [-0.15, -0.1) is 0 Å². The van der Waals surface area contributed by atoms with E-state index in [0.29, 0.717) is 10.8 Å². The fraction of sp³-hybridized carbons (Fsp3) is 0.280. The molecule has 0 bridgehead atoms. The van der Waals surface area contributed by atoms with E-state index in [2.05, 4.69) is 0 Å². The van der Waals surface area contributed by atoms with Crippen LogP contribution in [0.2, 0.25) is 0 Å². The largest absolute Gasteiger partial charge is 0.491 e. The molecule has 0 radical (unpaired) electrons. The van der Waals surface area contributed by atoms with Crippen molar-refractivity contribution in [1.29, 1.82) is 0 Å². The van der Waals surface area contributed by atoms with Crippen molar-refractivity contribution in [1.82, 2.24) is 0 Å². The fourth-order valence-electron chi connectivity index (χ4n) is 4.31. The highest BCUT2D eigenvalue weighted by atomic mass is 19.2. The lowest BCUT2D eigenvalue weighted by Gasteiger charge is -2.13. The third-order valence-electron chi connectivity index (χ3n) is 5.89. The minimum absolute atomic E-state index is 0.0489. The van der Waals surface area contributed by atoms with Crippen molar-refractivity contribution in [3.63, 3.8) is 0 Å². The van der Waals surface area contributed by atoms with Gasteiger partial charge in [0.05, 0.1) is 12.7 Å². The zero-order valence-corrected chi connectivity index (χ0v) is 17.3. The molecule has 0 N–H and O–H groups in total. The first kappa shape index (κ1) is 20.7. The maximum Gasteiger partial charge on any atom is 0.208 e. The Balaban J connectivity index is 1.61. The van der Waals surface area contributed by atoms with Crippen LogP contribution in [-0.4, -0.2) is 12.7 Å². The molecule has 1 aliphatic carbocycles. The molecule has 5 rings (SSSR count). The Morgan fingerprint density at radius 3 is 2.06 bits per heavy atom. The standard InChI is InChI=1S/C25H20F4O3/c1-2-30-18-11-9-14(20(26)22(18)28)15-7-8-16-17-10-12-19(31-13-5-3-4-6-13)23(29)25(17)32-24(16)21(15)27/h7-13H,2-6H2,1H3. The van der Waals surface area contributed by atoms with Crippen molar-refractivity contribution in [2.45, 2.75) is 38.7 Å². The lowest BCUT2D eigenvalue weighted by atomic mass is 10.0. The van der Waals surface area contributed by atoms with Crippen molar-refractivity contribution in [2.24, 2.45) is 0 Å². The molecule has 1 saturated carbocycles. The molecule has 0 atom stereocenters. The summed E-state index contributed by atoms with van der Waals surface area (Å²) in [7, 11) is 0. The minimum Gasteiger partial charge on any atom is -0.491 e. The van der Waals surface area contributed by atoms with Crippen LogP contribution in [0.4, 0.5) is 17.6 Å². The van der Waals surface area contributed by atoms with Crippen LogP contribution in [0.5, 0.6) is 11.5 Å². The van der Waals surface area contributed by atoms with Gasteiger partial charge in [-0.25, -0.2) is 8.78 Å². The summed E-state index contributed by atoms with van der Waals surface area (Å²) < 4.78 is 75.7. The molecule has 1 aliphatic rings. The first-order valence-corrected chi connectivity index (χ1v) is 10.6. The van der Waals surface area contributed by atoms with E-state index in [1.54, 1.807) is 13.0 Å². The average Bonchev–Trinajstić information content (AvgIpc) is 3.43. The predicted octanol–water partition coefficient (Wildman–Crippen LogP) is 7.53. The van der Waals surface area contributed by atoms with Gasteiger partial charge in [-0.05, 0) is 62.9 Å². The maximum absolute atomic E-state index is 15.3. The van der Waals surface area contributed by atoms with E-state index in [4.69, 9.17) is 13.9 Å². The Morgan fingerprint density at radius 2 is 1.34 bits per heavy atom. The van der Waals surface area contributed by atoms with E-state index in [-0.39, 0.29) is 46.5 Å². The van der Waals surface area contributed by atoms with Gasteiger partial charge in [0.25, 0.3) is 0 Å². The second-order valence-corrected chi connectivity index (χ2v) is 7.86. The summed E-state index contributed by atoms with van der Waals surface area (Å²) >= 11 is 0. The van der Waals surface area contributed by atoms with Crippen LogP contribution in [0.15, 0.2) is 40.8 Å². The second-order valence-electron chi connectivity index (χ2n) is 7.86. The van der Waals surface area contributed by atoms with Gasteiger partial charge in [0.2, 0.25) is 11.6 Å². The molecule has 1 aromatic heterocycles. The molecule has 0 saturated heterocycles. The highest BCUT2D eigenvalue weighted by Crippen LogP contribution is 2.40. The number of halogens is 4. The molecular formula is C25H20F4O3. The van der Waals surface area contributed by atoms with E-state index in [1.807, 2.05) is 0 Å². The molecule has 0 amide bonds. The summed E-state index contributed by atoms with van der Waals surface area (Å²) in [4.78, 5) is 0. The number of hydrogen-bond donors (Lipinski definition) is 0. The zero-order chi connectivity index (χ0) is 22.4. The van der Waals surface area contributed by atoms with Gasteiger partial charge in [-0.3, -0.25) is 0 Å². The molecule has 7 heteroatoms. The van der Waals surface area contributed by atoms with Crippen LogP contribution in [-0.2, 0) is 0 Å². The highest BCUT2D eigenvalue weighted by molar-refractivity contribution is 6.06. The monoisotopic (exact) mass is 444 g/mol. The molecule has 1 fully saturated rings. The Labute approximate surface area is 181 Å². The summed E-state index contributed by atoms with van der Waals surface area (Å²) in [5.41, 5.74) is -0.844. The third-order valence-corrected chi connectivity index (χ3v) is 5.89. The van der Waals surface area contributed by atoms with Crippen LogP contribution in [0, 0.1) is 23.3 Å². The number of furan rings is 1. The molecule has 166 valence electrons. The Kier molecular flexibility index (Phi) is 5.19. The summed E-state index contributed by atoms with van der Waals surface area (Å²) in [5, 5.41) is 0.708. The minimum atomic E-state index is -1.23. The van der Waals surface area contributed by atoms with E-state index < -0.39 is 23.3 Å². The molecule has 32 heavy (non-hydrogen) atoms. The molecule has 0 aliphatic heterocycles. The number of hydrogen-bond acceptors (Lipinski definition) is 3. The molecule has 0 unspecified atom stereocenters. The van der Waals surface area contributed by atoms with E-state index >= 15 is 8.78 Å². The fourth-order valence-corrected chi connectivity index (χ4v) is 4.31. The third kappa shape index (κ3) is 3.27. The summed E-state index contributed by atoms with van der Waals surface area (Å²) in [6.07, 6.45) is 3.75. The lowest BCUT2D eigenvalue weighted by Crippen LogP contribution is -2.11. The number of fused-ring (bicyclic) bond motifs is 3. The second kappa shape index (κ2) is 8.04. The Hall–Kier alpha value is -3.22. The summed E-state index contributed by atoms with van der Waals surface area (Å²) in [5.74, 6) is -4.24. The topological polar surface area (TPSA) is 31.6 Å². The molecule has 0 spiro atoms. The SMILES string of the molecule is CCOc1ccc(-c2ccc3c(oc4c(F)c(OC5CCCC5)ccc43)c2F)c(F)c1F. The first-order valence-electron chi connectivity index (χ1n) is 10.6. The summed E-state index contributed by atoms with van der Waals surface area (Å²) in [6.45, 7) is 1.80. The quantitative estimate of drug-likeness (QED) is 0.298. The first-order chi connectivity index (χ1) is 15.5. The maximum atomic E-state index is 15.3. The normalized spacial score (nSPS) is 14.5.